The van der Waals surface area contributed by atoms with Crippen molar-refractivity contribution in [1.82, 2.24) is 14.3 Å². The molecule has 1 aromatic carbocycles. The molecule has 8 heteroatoms. The molecule has 0 atom stereocenters. The molecule has 140 valence electrons. The zero-order valence-corrected chi connectivity index (χ0v) is 15.0. The summed E-state index contributed by atoms with van der Waals surface area (Å²) in [4.78, 5) is 31.7. The second-order valence-corrected chi connectivity index (χ2v) is 6.29. The molecule has 3 aromatic rings. The number of ether oxygens (including phenoxy) is 1. The molecule has 2 aromatic heterocycles. The molecule has 4 rings (SSSR count). The van der Waals surface area contributed by atoms with Gasteiger partial charge in [0.2, 0.25) is 5.82 Å². The number of hydrogen-bond donors (Lipinski definition) is 1. The van der Waals surface area contributed by atoms with Crippen molar-refractivity contribution in [2.24, 2.45) is 0 Å². The van der Waals surface area contributed by atoms with Crippen LogP contribution in [0.5, 0.6) is 0 Å². The van der Waals surface area contributed by atoms with E-state index in [-0.39, 0.29) is 17.4 Å². The highest BCUT2D eigenvalue weighted by Gasteiger charge is 2.26. The predicted octanol–water partition coefficient (Wildman–Crippen LogP) is 1.93. The highest BCUT2D eigenvalue weighted by atomic mass is 16.5. The minimum atomic E-state index is -0.422. The van der Waals surface area contributed by atoms with Gasteiger partial charge in [-0.3, -0.25) is 14.0 Å². The van der Waals surface area contributed by atoms with E-state index < -0.39 is 5.91 Å². The zero-order chi connectivity index (χ0) is 19.5. The first-order chi connectivity index (χ1) is 13.7. The first kappa shape index (κ1) is 17.7. The van der Waals surface area contributed by atoms with Crippen LogP contribution in [-0.4, -0.2) is 52.4 Å². The van der Waals surface area contributed by atoms with E-state index in [1.54, 1.807) is 58.0 Å². The minimum absolute atomic E-state index is 0.168. The number of aromatic nitrogens is 2. The lowest BCUT2D eigenvalue weighted by atomic mass is 10.2. The third-order valence-corrected chi connectivity index (χ3v) is 4.52. The van der Waals surface area contributed by atoms with E-state index in [9.17, 15) is 9.59 Å². The zero-order valence-electron chi connectivity index (χ0n) is 15.0. The number of nitrogens with one attached hydrogen (secondary N) is 1. The van der Waals surface area contributed by atoms with Crippen LogP contribution in [0.2, 0.25) is 0 Å². The maximum Gasteiger partial charge on any atom is 0.290 e. The van der Waals surface area contributed by atoms with Gasteiger partial charge in [0, 0.05) is 25.0 Å². The molecule has 1 saturated heterocycles. The molecular formula is C20H17N5O3. The maximum absolute atomic E-state index is 12.9. The summed E-state index contributed by atoms with van der Waals surface area (Å²) >= 11 is 0. The third-order valence-electron chi connectivity index (χ3n) is 4.52. The van der Waals surface area contributed by atoms with Crippen LogP contribution in [0.25, 0.3) is 5.52 Å². The number of hydrogen-bond acceptors (Lipinski definition) is 5. The standard InChI is InChI=1S/C20H17N5O3/c21-13-14-4-6-15(7-5-14)22-19(26)17-16-3-1-2-8-25(16)18(23-17)20(27)24-9-11-28-12-10-24/h1-8H,9-12H2,(H,22,26). The lowest BCUT2D eigenvalue weighted by molar-refractivity contribution is 0.0294. The average Bonchev–Trinajstić information content (AvgIpc) is 3.14. The van der Waals surface area contributed by atoms with E-state index >= 15 is 0 Å². The number of fused-ring (bicyclic) bond motifs is 1. The number of pyridine rings is 1. The Hall–Kier alpha value is -3.70. The summed E-state index contributed by atoms with van der Waals surface area (Å²) in [6.45, 7) is 1.96. The predicted molar refractivity (Wildman–Crippen MR) is 101 cm³/mol. The molecule has 28 heavy (non-hydrogen) atoms. The normalized spacial score (nSPS) is 13.9. The van der Waals surface area contributed by atoms with Gasteiger partial charge in [-0.1, -0.05) is 6.07 Å². The fourth-order valence-corrected chi connectivity index (χ4v) is 3.08. The van der Waals surface area contributed by atoms with Crippen LogP contribution in [0.1, 0.15) is 26.7 Å². The molecule has 0 aliphatic carbocycles. The van der Waals surface area contributed by atoms with Gasteiger partial charge in [0.15, 0.2) is 5.69 Å². The van der Waals surface area contributed by atoms with Gasteiger partial charge >= 0.3 is 0 Å². The van der Waals surface area contributed by atoms with Gasteiger partial charge in [-0.15, -0.1) is 0 Å². The summed E-state index contributed by atoms with van der Waals surface area (Å²) in [5, 5.41) is 11.6. The molecule has 3 heterocycles. The third kappa shape index (κ3) is 3.31. The number of carbonyl (C=O) groups excluding carboxylic acids is 2. The number of morpholine rings is 1. The SMILES string of the molecule is N#Cc1ccc(NC(=O)c2nc(C(=O)N3CCOCC3)n3ccccc23)cc1. The molecule has 0 bridgehead atoms. The number of nitriles is 1. The Kier molecular flexibility index (Phi) is 4.74. The van der Waals surface area contributed by atoms with Crippen molar-refractivity contribution < 1.29 is 14.3 Å². The Labute approximate surface area is 161 Å². The minimum Gasteiger partial charge on any atom is -0.378 e. The molecule has 1 fully saturated rings. The van der Waals surface area contributed by atoms with E-state index in [0.717, 1.165) is 0 Å². The van der Waals surface area contributed by atoms with Gasteiger partial charge < -0.3 is 15.0 Å². The van der Waals surface area contributed by atoms with Crippen LogP contribution < -0.4 is 5.32 Å². The van der Waals surface area contributed by atoms with Crippen LogP contribution >= 0.6 is 0 Å². The second kappa shape index (κ2) is 7.50. The number of benzene rings is 1. The second-order valence-electron chi connectivity index (χ2n) is 6.29. The highest BCUT2D eigenvalue weighted by molar-refractivity contribution is 6.09. The largest absolute Gasteiger partial charge is 0.378 e. The fraction of sp³-hybridized carbons (Fsp3) is 0.200. The number of nitrogens with zero attached hydrogens (tertiary/aromatic N) is 4. The van der Waals surface area contributed by atoms with Crippen molar-refractivity contribution in [3.63, 3.8) is 0 Å². The Morgan fingerprint density at radius 3 is 2.57 bits per heavy atom. The first-order valence-corrected chi connectivity index (χ1v) is 8.83. The average molecular weight is 375 g/mol. The molecular weight excluding hydrogens is 358 g/mol. The molecule has 0 saturated carbocycles. The van der Waals surface area contributed by atoms with E-state index in [0.29, 0.717) is 43.1 Å². The van der Waals surface area contributed by atoms with Crippen LogP contribution in [0.3, 0.4) is 0 Å². The molecule has 0 unspecified atom stereocenters. The van der Waals surface area contributed by atoms with Crippen LogP contribution in [0.4, 0.5) is 5.69 Å². The van der Waals surface area contributed by atoms with Crippen LogP contribution in [-0.2, 0) is 4.74 Å². The van der Waals surface area contributed by atoms with Gasteiger partial charge in [0.1, 0.15) is 0 Å². The van der Waals surface area contributed by atoms with Crippen molar-refractivity contribution in [2.75, 3.05) is 31.6 Å². The van der Waals surface area contributed by atoms with Gasteiger partial charge in [-0.25, -0.2) is 4.98 Å². The fourth-order valence-electron chi connectivity index (χ4n) is 3.08. The summed E-state index contributed by atoms with van der Waals surface area (Å²) in [5.41, 5.74) is 1.76. The summed E-state index contributed by atoms with van der Waals surface area (Å²) in [6, 6.07) is 13.9. The maximum atomic E-state index is 12.9. The summed E-state index contributed by atoms with van der Waals surface area (Å²) in [7, 11) is 0. The van der Waals surface area contributed by atoms with E-state index in [1.807, 2.05) is 6.07 Å². The van der Waals surface area contributed by atoms with E-state index in [1.165, 1.54) is 0 Å². The Morgan fingerprint density at radius 1 is 1.11 bits per heavy atom. The molecule has 1 N–H and O–H groups in total. The lowest BCUT2D eigenvalue weighted by Crippen LogP contribution is -2.41. The Morgan fingerprint density at radius 2 is 1.86 bits per heavy atom. The van der Waals surface area contributed by atoms with Crippen molar-refractivity contribution in [3.8, 4) is 6.07 Å². The Balaban J connectivity index is 1.66. The van der Waals surface area contributed by atoms with Crippen LogP contribution in [0.15, 0.2) is 48.7 Å². The smallest absolute Gasteiger partial charge is 0.290 e. The summed E-state index contributed by atoms with van der Waals surface area (Å²) in [6.07, 6.45) is 1.72. The summed E-state index contributed by atoms with van der Waals surface area (Å²) < 4.78 is 6.92. The van der Waals surface area contributed by atoms with Crippen molar-refractivity contribution in [2.45, 2.75) is 0 Å². The van der Waals surface area contributed by atoms with Gasteiger partial charge in [0.05, 0.1) is 30.4 Å². The van der Waals surface area contributed by atoms with Gasteiger partial charge in [-0.2, -0.15) is 5.26 Å². The number of imidazole rings is 1. The quantitative estimate of drug-likeness (QED) is 0.754. The topological polar surface area (TPSA) is 99.7 Å². The number of rotatable bonds is 3. The van der Waals surface area contributed by atoms with Crippen molar-refractivity contribution in [3.05, 3.63) is 65.7 Å². The Bertz CT molecular complexity index is 1080. The highest BCUT2D eigenvalue weighted by Crippen LogP contribution is 2.18. The van der Waals surface area contributed by atoms with Crippen molar-refractivity contribution in [1.29, 1.82) is 5.26 Å². The summed E-state index contributed by atoms with van der Waals surface area (Å²) in [5.74, 6) is -0.459. The molecule has 1 aliphatic rings. The van der Waals surface area contributed by atoms with Gasteiger partial charge in [0.25, 0.3) is 11.8 Å². The number of carbonyl (C=O) groups is 2. The van der Waals surface area contributed by atoms with E-state index in [2.05, 4.69) is 10.3 Å². The molecule has 1 aliphatic heterocycles. The monoisotopic (exact) mass is 375 g/mol. The van der Waals surface area contributed by atoms with Gasteiger partial charge in [-0.05, 0) is 36.4 Å². The number of amides is 2. The van der Waals surface area contributed by atoms with Crippen LogP contribution in [0, 0.1) is 11.3 Å². The molecule has 2 amide bonds. The number of anilines is 1. The molecule has 0 spiro atoms. The van der Waals surface area contributed by atoms with Crippen molar-refractivity contribution >= 4 is 23.0 Å². The lowest BCUT2D eigenvalue weighted by Gasteiger charge is -2.26. The first-order valence-electron chi connectivity index (χ1n) is 8.83. The molecule has 8 nitrogen and oxygen atoms in total. The van der Waals surface area contributed by atoms with E-state index in [4.69, 9.17) is 10.00 Å². The molecule has 0 radical (unpaired) electrons.